The normalized spacial score (nSPS) is 19.5. The molecule has 1 aromatic heterocycles. The summed E-state index contributed by atoms with van der Waals surface area (Å²) in [7, 11) is 1.82. The first-order chi connectivity index (χ1) is 10.5. The largest absolute Gasteiger partial charge is 0.346 e. The maximum absolute atomic E-state index is 12.6. The van der Waals surface area contributed by atoms with Gasteiger partial charge in [0.25, 0.3) is 5.91 Å². The Kier molecular flexibility index (Phi) is 4.34. The molecule has 1 amide bonds. The van der Waals surface area contributed by atoms with Crippen LogP contribution in [-0.2, 0) is 7.05 Å². The van der Waals surface area contributed by atoms with Gasteiger partial charge in [0, 0.05) is 37.9 Å². The molecule has 1 saturated heterocycles. The Morgan fingerprint density at radius 1 is 1.23 bits per heavy atom. The number of aryl methyl sites for hydroxylation is 1. The van der Waals surface area contributed by atoms with E-state index in [0.717, 1.165) is 38.4 Å². The van der Waals surface area contributed by atoms with Gasteiger partial charge in [-0.15, -0.1) is 0 Å². The summed E-state index contributed by atoms with van der Waals surface area (Å²) in [5.74, 6) is 0.932. The Balaban J connectivity index is 1.55. The molecule has 0 aromatic carbocycles. The van der Waals surface area contributed by atoms with E-state index in [1.54, 1.807) is 16.8 Å². The first-order valence-corrected chi connectivity index (χ1v) is 8.24. The van der Waals surface area contributed by atoms with Crippen molar-refractivity contribution >= 4 is 11.7 Å². The van der Waals surface area contributed by atoms with E-state index in [9.17, 15) is 9.59 Å². The van der Waals surface area contributed by atoms with E-state index in [4.69, 9.17) is 0 Å². The standard InChI is InChI=1S/C17H25N3O2/c1-12(21)14-9-16(19(2)11-14)17(22)20-7-5-15(6-8-20)18-10-13-3-4-13/h9,11,13,15,18H,3-8,10H2,1-2H3. The van der Waals surface area contributed by atoms with E-state index in [1.165, 1.54) is 19.8 Å². The van der Waals surface area contributed by atoms with Crippen molar-refractivity contribution in [2.75, 3.05) is 19.6 Å². The topological polar surface area (TPSA) is 54.3 Å². The van der Waals surface area contributed by atoms with Gasteiger partial charge in [-0.1, -0.05) is 0 Å². The number of ketones is 1. The average molecular weight is 303 g/mol. The Hall–Kier alpha value is -1.62. The van der Waals surface area contributed by atoms with Crippen LogP contribution in [0.2, 0.25) is 0 Å². The van der Waals surface area contributed by atoms with Crippen LogP contribution in [0.15, 0.2) is 12.3 Å². The van der Waals surface area contributed by atoms with Gasteiger partial charge in [-0.05, 0) is 51.1 Å². The number of aromatic nitrogens is 1. The Labute approximate surface area is 131 Å². The Morgan fingerprint density at radius 3 is 2.45 bits per heavy atom. The van der Waals surface area contributed by atoms with Gasteiger partial charge in [-0.2, -0.15) is 0 Å². The lowest BCUT2D eigenvalue weighted by Crippen LogP contribution is -2.45. The van der Waals surface area contributed by atoms with Crippen molar-refractivity contribution in [1.29, 1.82) is 0 Å². The van der Waals surface area contributed by atoms with Crippen molar-refractivity contribution in [1.82, 2.24) is 14.8 Å². The van der Waals surface area contributed by atoms with Crippen molar-refractivity contribution in [3.05, 3.63) is 23.5 Å². The second-order valence-electron chi connectivity index (χ2n) is 6.70. The van der Waals surface area contributed by atoms with Crippen molar-refractivity contribution in [2.24, 2.45) is 13.0 Å². The monoisotopic (exact) mass is 303 g/mol. The smallest absolute Gasteiger partial charge is 0.270 e. The number of Topliss-reactive ketones (excluding diaryl/α,β-unsaturated/α-hetero) is 1. The van der Waals surface area contributed by atoms with E-state index in [-0.39, 0.29) is 11.7 Å². The highest BCUT2D eigenvalue weighted by atomic mass is 16.2. The van der Waals surface area contributed by atoms with Crippen LogP contribution in [0.1, 0.15) is 53.5 Å². The summed E-state index contributed by atoms with van der Waals surface area (Å²) in [4.78, 5) is 26.0. The highest BCUT2D eigenvalue weighted by Gasteiger charge is 2.27. The first kappa shape index (κ1) is 15.3. The molecule has 1 N–H and O–H groups in total. The minimum absolute atomic E-state index is 0.00219. The van der Waals surface area contributed by atoms with E-state index in [2.05, 4.69) is 5.32 Å². The van der Waals surface area contributed by atoms with Gasteiger partial charge in [0.2, 0.25) is 0 Å². The molecule has 2 heterocycles. The molecule has 0 spiro atoms. The third kappa shape index (κ3) is 3.40. The summed E-state index contributed by atoms with van der Waals surface area (Å²) < 4.78 is 1.76. The second kappa shape index (κ2) is 6.24. The number of likely N-dealkylation sites (tertiary alicyclic amines) is 1. The highest BCUT2D eigenvalue weighted by Crippen LogP contribution is 2.28. The molecular weight excluding hydrogens is 278 g/mol. The molecule has 120 valence electrons. The molecule has 2 aliphatic rings. The molecule has 1 aromatic rings. The third-order valence-corrected chi connectivity index (χ3v) is 4.80. The van der Waals surface area contributed by atoms with Crippen LogP contribution in [0.25, 0.3) is 0 Å². The second-order valence-corrected chi connectivity index (χ2v) is 6.70. The molecule has 22 heavy (non-hydrogen) atoms. The SMILES string of the molecule is CC(=O)c1cc(C(=O)N2CCC(NCC3CC3)CC2)n(C)c1. The number of carbonyl (C=O) groups is 2. The van der Waals surface area contributed by atoms with Gasteiger partial charge in [-0.3, -0.25) is 9.59 Å². The Bertz CT molecular complexity index is 566. The third-order valence-electron chi connectivity index (χ3n) is 4.80. The zero-order valence-corrected chi connectivity index (χ0v) is 13.5. The van der Waals surface area contributed by atoms with Crippen molar-refractivity contribution in [3.63, 3.8) is 0 Å². The summed E-state index contributed by atoms with van der Waals surface area (Å²) in [6, 6.07) is 2.26. The number of piperidine rings is 1. The predicted molar refractivity (Wildman–Crippen MR) is 85.1 cm³/mol. The summed E-state index contributed by atoms with van der Waals surface area (Å²) >= 11 is 0. The number of hydrogen-bond donors (Lipinski definition) is 1. The number of nitrogens with one attached hydrogen (secondary N) is 1. The molecule has 0 radical (unpaired) electrons. The Morgan fingerprint density at radius 2 is 1.91 bits per heavy atom. The maximum Gasteiger partial charge on any atom is 0.270 e. The molecule has 2 fully saturated rings. The number of rotatable bonds is 5. The van der Waals surface area contributed by atoms with E-state index >= 15 is 0 Å². The first-order valence-electron chi connectivity index (χ1n) is 8.24. The van der Waals surface area contributed by atoms with Gasteiger partial charge >= 0.3 is 0 Å². The highest BCUT2D eigenvalue weighted by molar-refractivity contribution is 5.99. The van der Waals surface area contributed by atoms with Gasteiger partial charge in [0.05, 0.1) is 0 Å². The molecule has 3 rings (SSSR count). The van der Waals surface area contributed by atoms with Crippen molar-refractivity contribution in [3.8, 4) is 0 Å². The number of nitrogens with zero attached hydrogens (tertiary/aromatic N) is 2. The molecule has 5 nitrogen and oxygen atoms in total. The average Bonchev–Trinajstić information content (AvgIpc) is 3.25. The maximum atomic E-state index is 12.6. The fourth-order valence-corrected chi connectivity index (χ4v) is 3.07. The van der Waals surface area contributed by atoms with E-state index < -0.39 is 0 Å². The molecule has 0 bridgehead atoms. The summed E-state index contributed by atoms with van der Waals surface area (Å²) in [6.07, 6.45) is 6.51. The van der Waals surface area contributed by atoms with Gasteiger partial charge in [0.1, 0.15) is 5.69 Å². The number of amides is 1. The van der Waals surface area contributed by atoms with Gasteiger partial charge in [0.15, 0.2) is 5.78 Å². The summed E-state index contributed by atoms with van der Waals surface area (Å²) in [5, 5.41) is 3.63. The van der Waals surface area contributed by atoms with Crippen LogP contribution in [0.3, 0.4) is 0 Å². The lowest BCUT2D eigenvalue weighted by Gasteiger charge is -2.32. The molecular formula is C17H25N3O2. The molecule has 1 aliphatic heterocycles. The predicted octanol–water partition coefficient (Wildman–Crippen LogP) is 1.83. The number of carbonyl (C=O) groups excluding carboxylic acids is 2. The fraction of sp³-hybridized carbons (Fsp3) is 0.647. The van der Waals surface area contributed by atoms with Crippen LogP contribution in [0.5, 0.6) is 0 Å². The van der Waals surface area contributed by atoms with Crippen LogP contribution in [0.4, 0.5) is 0 Å². The molecule has 1 saturated carbocycles. The van der Waals surface area contributed by atoms with Crippen LogP contribution in [0, 0.1) is 5.92 Å². The van der Waals surface area contributed by atoms with Gasteiger partial charge in [-0.25, -0.2) is 0 Å². The summed E-state index contributed by atoms with van der Waals surface area (Å²) in [5.41, 5.74) is 1.21. The van der Waals surface area contributed by atoms with E-state index in [1.807, 2.05) is 11.9 Å². The van der Waals surface area contributed by atoms with Crippen molar-refractivity contribution < 1.29 is 9.59 Å². The van der Waals surface area contributed by atoms with E-state index in [0.29, 0.717) is 17.3 Å². The van der Waals surface area contributed by atoms with Gasteiger partial charge < -0.3 is 14.8 Å². The summed E-state index contributed by atoms with van der Waals surface area (Å²) in [6.45, 7) is 4.25. The van der Waals surface area contributed by atoms with Crippen LogP contribution >= 0.6 is 0 Å². The lowest BCUT2D eigenvalue weighted by molar-refractivity contribution is 0.0695. The molecule has 0 unspecified atom stereocenters. The zero-order chi connectivity index (χ0) is 15.7. The van der Waals surface area contributed by atoms with Crippen LogP contribution < -0.4 is 5.32 Å². The zero-order valence-electron chi connectivity index (χ0n) is 13.5. The number of hydrogen-bond acceptors (Lipinski definition) is 3. The minimum atomic E-state index is -0.00219. The quantitative estimate of drug-likeness (QED) is 0.844. The molecule has 1 aliphatic carbocycles. The lowest BCUT2D eigenvalue weighted by atomic mass is 10.0. The molecule has 5 heteroatoms. The van der Waals surface area contributed by atoms with Crippen LogP contribution in [-0.4, -0.2) is 46.8 Å². The minimum Gasteiger partial charge on any atom is -0.346 e. The fourth-order valence-electron chi connectivity index (χ4n) is 3.07. The van der Waals surface area contributed by atoms with Crippen molar-refractivity contribution in [2.45, 2.75) is 38.6 Å². The molecule has 0 atom stereocenters.